The van der Waals surface area contributed by atoms with E-state index in [-0.39, 0.29) is 17.3 Å². The SMILES string of the molecule is COC(C)(C)CCc1cc2ncn(-c3ccc(OC4C[C@H]5CC[C@@H](C4)N5C)cc3)c(=O)c2s1. The number of hydrogen-bond donors (Lipinski definition) is 0. The molecule has 1 aromatic carbocycles. The lowest BCUT2D eigenvalue weighted by Gasteiger charge is -2.36. The van der Waals surface area contributed by atoms with Gasteiger partial charge in [0.25, 0.3) is 5.56 Å². The van der Waals surface area contributed by atoms with E-state index in [1.165, 1.54) is 24.2 Å². The predicted octanol–water partition coefficient (Wildman–Crippen LogP) is 4.81. The molecule has 2 aromatic heterocycles. The Bertz CT molecular complexity index is 1170. The zero-order valence-electron chi connectivity index (χ0n) is 19.9. The number of aromatic nitrogens is 2. The van der Waals surface area contributed by atoms with Crippen molar-refractivity contribution < 1.29 is 9.47 Å². The van der Waals surface area contributed by atoms with E-state index in [0.29, 0.717) is 16.8 Å². The van der Waals surface area contributed by atoms with Crippen molar-refractivity contribution >= 4 is 21.6 Å². The zero-order valence-corrected chi connectivity index (χ0v) is 20.7. The second-order valence-corrected chi connectivity index (χ2v) is 11.2. The first kappa shape index (κ1) is 22.6. The minimum Gasteiger partial charge on any atom is -0.490 e. The van der Waals surface area contributed by atoms with Crippen molar-refractivity contribution in [2.45, 2.75) is 76.2 Å². The summed E-state index contributed by atoms with van der Waals surface area (Å²) in [7, 11) is 3.98. The lowest BCUT2D eigenvalue weighted by atomic mass is 10.0. The molecule has 0 radical (unpaired) electrons. The Kier molecular flexibility index (Phi) is 6.05. The molecule has 2 bridgehead atoms. The molecule has 0 spiro atoms. The lowest BCUT2D eigenvalue weighted by molar-refractivity contribution is 0.0159. The number of piperidine rings is 1. The van der Waals surface area contributed by atoms with Gasteiger partial charge in [0.2, 0.25) is 0 Å². The Morgan fingerprint density at radius 3 is 2.52 bits per heavy atom. The number of fused-ring (bicyclic) bond motifs is 3. The Morgan fingerprint density at radius 2 is 1.85 bits per heavy atom. The fourth-order valence-corrected chi connectivity index (χ4v) is 6.17. The number of benzene rings is 1. The smallest absolute Gasteiger partial charge is 0.275 e. The first-order chi connectivity index (χ1) is 15.8. The Hall–Kier alpha value is -2.22. The molecule has 3 aromatic rings. The van der Waals surface area contributed by atoms with Crippen LogP contribution in [0.3, 0.4) is 0 Å². The molecule has 2 aliphatic heterocycles. The maximum absolute atomic E-state index is 13.2. The van der Waals surface area contributed by atoms with Crippen LogP contribution in [0.2, 0.25) is 0 Å². The third-order valence-corrected chi connectivity index (χ3v) is 8.66. The summed E-state index contributed by atoms with van der Waals surface area (Å²) in [6.45, 7) is 4.16. The van der Waals surface area contributed by atoms with Crippen LogP contribution in [0.4, 0.5) is 0 Å². The Morgan fingerprint density at radius 1 is 1.15 bits per heavy atom. The summed E-state index contributed by atoms with van der Waals surface area (Å²) in [6.07, 6.45) is 8.42. The lowest BCUT2D eigenvalue weighted by Crippen LogP contribution is -2.43. The van der Waals surface area contributed by atoms with E-state index in [0.717, 1.165) is 47.5 Å². The second-order valence-electron chi connectivity index (χ2n) is 10.1. The molecular weight excluding hydrogens is 434 g/mol. The molecule has 0 aliphatic carbocycles. The van der Waals surface area contributed by atoms with Gasteiger partial charge in [-0.2, -0.15) is 0 Å². The number of rotatable bonds is 7. The number of hydrogen-bond acceptors (Lipinski definition) is 6. The van der Waals surface area contributed by atoms with Crippen LogP contribution in [0.25, 0.3) is 15.9 Å². The van der Waals surface area contributed by atoms with Crippen molar-refractivity contribution in [1.29, 1.82) is 0 Å². The first-order valence-corrected chi connectivity index (χ1v) is 12.7. The highest BCUT2D eigenvalue weighted by atomic mass is 32.1. The van der Waals surface area contributed by atoms with Crippen LogP contribution in [0.1, 0.15) is 50.8 Å². The molecule has 1 unspecified atom stereocenters. The third-order valence-electron chi connectivity index (χ3n) is 7.49. The molecule has 3 atom stereocenters. The van der Waals surface area contributed by atoms with Crippen LogP contribution >= 0.6 is 11.3 Å². The van der Waals surface area contributed by atoms with Gasteiger partial charge in [0.1, 0.15) is 22.9 Å². The highest BCUT2D eigenvalue weighted by molar-refractivity contribution is 7.18. The van der Waals surface area contributed by atoms with E-state index in [2.05, 4.69) is 30.8 Å². The van der Waals surface area contributed by atoms with Crippen LogP contribution < -0.4 is 10.3 Å². The van der Waals surface area contributed by atoms with Gasteiger partial charge in [-0.25, -0.2) is 4.98 Å². The Labute approximate surface area is 199 Å². The van der Waals surface area contributed by atoms with Gasteiger partial charge < -0.3 is 14.4 Å². The molecule has 4 heterocycles. The van der Waals surface area contributed by atoms with Gasteiger partial charge in [0.15, 0.2) is 0 Å². The molecule has 0 amide bonds. The van der Waals surface area contributed by atoms with Crippen LogP contribution in [0, 0.1) is 0 Å². The molecule has 0 saturated carbocycles. The van der Waals surface area contributed by atoms with E-state index >= 15 is 0 Å². The number of ether oxygens (including phenoxy) is 2. The van der Waals surface area contributed by atoms with Gasteiger partial charge in [-0.05, 0) is 89.8 Å². The van der Waals surface area contributed by atoms with Crippen LogP contribution in [-0.4, -0.2) is 52.4 Å². The molecule has 7 heteroatoms. The Balaban J connectivity index is 1.30. The topological polar surface area (TPSA) is 56.6 Å². The molecule has 2 saturated heterocycles. The molecular formula is C26H33N3O3S. The van der Waals surface area contributed by atoms with Gasteiger partial charge >= 0.3 is 0 Å². The van der Waals surface area contributed by atoms with Crippen molar-refractivity contribution in [1.82, 2.24) is 14.5 Å². The second kappa shape index (κ2) is 8.85. The first-order valence-electron chi connectivity index (χ1n) is 11.9. The molecule has 176 valence electrons. The quantitative estimate of drug-likeness (QED) is 0.499. The minimum absolute atomic E-state index is 0.0252. The van der Waals surface area contributed by atoms with Crippen LogP contribution in [0.5, 0.6) is 5.75 Å². The molecule has 2 fully saturated rings. The summed E-state index contributed by atoms with van der Waals surface area (Å²) in [4.78, 5) is 21.4. The molecule has 33 heavy (non-hydrogen) atoms. The van der Waals surface area contributed by atoms with E-state index in [4.69, 9.17) is 9.47 Å². The average Bonchev–Trinajstić information content (AvgIpc) is 3.30. The third kappa shape index (κ3) is 4.59. The summed E-state index contributed by atoms with van der Waals surface area (Å²) in [5.41, 5.74) is 1.37. The van der Waals surface area contributed by atoms with Gasteiger partial charge in [0, 0.05) is 24.1 Å². The van der Waals surface area contributed by atoms with Crippen molar-refractivity contribution in [2.75, 3.05) is 14.2 Å². The standard InChI is InChI=1S/C26H33N3O3S/c1-26(2,31-4)12-11-22-15-23-24(33-22)25(30)29(16-27-23)17-7-9-20(10-8-17)32-21-13-18-5-6-19(14-21)28(18)3/h7-10,15-16,18-19,21H,5-6,11-14H2,1-4H3/t18-,19+,21?. The van der Waals surface area contributed by atoms with Crippen LogP contribution in [0.15, 0.2) is 41.5 Å². The van der Waals surface area contributed by atoms with E-state index in [1.54, 1.807) is 18.0 Å². The molecule has 0 N–H and O–H groups in total. The number of thiophene rings is 1. The number of nitrogens with zero attached hydrogens (tertiary/aromatic N) is 3. The highest BCUT2D eigenvalue weighted by Gasteiger charge is 2.39. The van der Waals surface area contributed by atoms with Gasteiger partial charge in [-0.15, -0.1) is 11.3 Å². The average molecular weight is 468 g/mol. The summed E-state index contributed by atoms with van der Waals surface area (Å²) in [5.74, 6) is 0.869. The summed E-state index contributed by atoms with van der Waals surface area (Å²) in [6, 6.07) is 11.2. The number of aryl methyl sites for hydroxylation is 1. The van der Waals surface area contributed by atoms with Crippen molar-refractivity contribution in [3.8, 4) is 11.4 Å². The summed E-state index contributed by atoms with van der Waals surface area (Å²) in [5, 5.41) is 0. The molecule has 6 nitrogen and oxygen atoms in total. The zero-order chi connectivity index (χ0) is 23.2. The monoisotopic (exact) mass is 467 g/mol. The number of methoxy groups -OCH3 is 1. The van der Waals surface area contributed by atoms with E-state index in [9.17, 15) is 4.79 Å². The van der Waals surface area contributed by atoms with Crippen molar-refractivity contribution in [3.05, 3.63) is 51.9 Å². The molecule has 2 aliphatic rings. The fraction of sp³-hybridized carbons (Fsp3) is 0.538. The summed E-state index contributed by atoms with van der Waals surface area (Å²) >= 11 is 1.54. The van der Waals surface area contributed by atoms with Crippen molar-refractivity contribution in [3.63, 3.8) is 0 Å². The predicted molar refractivity (Wildman–Crippen MR) is 133 cm³/mol. The van der Waals surface area contributed by atoms with Gasteiger partial charge in [-0.3, -0.25) is 9.36 Å². The maximum Gasteiger partial charge on any atom is 0.275 e. The summed E-state index contributed by atoms with van der Waals surface area (Å²) < 4.78 is 14.2. The molecule has 5 rings (SSSR count). The van der Waals surface area contributed by atoms with Gasteiger partial charge in [-0.1, -0.05) is 0 Å². The maximum atomic E-state index is 13.2. The highest BCUT2D eigenvalue weighted by Crippen LogP contribution is 2.36. The minimum atomic E-state index is -0.180. The largest absolute Gasteiger partial charge is 0.490 e. The van der Waals surface area contributed by atoms with Crippen molar-refractivity contribution in [2.24, 2.45) is 0 Å². The van der Waals surface area contributed by atoms with E-state index in [1.807, 2.05) is 30.3 Å². The van der Waals surface area contributed by atoms with Gasteiger partial charge in [0.05, 0.1) is 16.8 Å². The fourth-order valence-electron chi connectivity index (χ4n) is 5.13. The van der Waals surface area contributed by atoms with Crippen LogP contribution in [-0.2, 0) is 11.2 Å². The van der Waals surface area contributed by atoms with E-state index < -0.39 is 0 Å². The normalized spacial score (nSPS) is 23.3.